The number of hydrogen-bond donors (Lipinski definition) is 1. The lowest BCUT2D eigenvalue weighted by Crippen LogP contribution is -2.45. The van der Waals surface area contributed by atoms with Crippen LogP contribution in [-0.2, 0) is 8.85 Å². The third kappa shape index (κ3) is 11.0. The highest BCUT2D eigenvalue weighted by molar-refractivity contribution is 6.77. The van der Waals surface area contributed by atoms with Crippen LogP contribution in [0.2, 0.25) is 61.9 Å². The molecule has 0 aliphatic carbocycles. The fourth-order valence-corrected chi connectivity index (χ4v) is 10.1. The van der Waals surface area contributed by atoms with E-state index in [1.807, 2.05) is 24.3 Å². The summed E-state index contributed by atoms with van der Waals surface area (Å²) in [6.45, 7) is 25.4. The van der Waals surface area contributed by atoms with Gasteiger partial charge in [-0.05, 0) is 72.7 Å². The van der Waals surface area contributed by atoms with Gasteiger partial charge in [0.2, 0.25) is 0 Å². The normalized spacial score (nSPS) is 13.1. The summed E-state index contributed by atoms with van der Waals surface area (Å²) in [6, 6.07) is 16.4. The highest BCUT2D eigenvalue weighted by Gasteiger charge is 2.39. The maximum atomic E-state index is 13.4. The van der Waals surface area contributed by atoms with Crippen molar-refractivity contribution in [2.24, 2.45) is 0 Å². The highest BCUT2D eigenvalue weighted by atomic mass is 28.4. The van der Waals surface area contributed by atoms with E-state index in [0.29, 0.717) is 29.2 Å². The molecule has 9 heteroatoms. The minimum atomic E-state index is -2.03. The molecule has 0 heterocycles. The number of nitrogens with one attached hydrogen (secondary N) is 1. The van der Waals surface area contributed by atoms with E-state index in [1.54, 1.807) is 31.4 Å². The monoisotopic (exact) mass is 667 g/mol. The van der Waals surface area contributed by atoms with Crippen LogP contribution in [-0.4, -0.2) is 56.7 Å². The number of hydrogen-bond acceptors (Lipinski definition) is 5. The van der Waals surface area contributed by atoms with Gasteiger partial charge < -0.3 is 18.9 Å². The van der Waals surface area contributed by atoms with Gasteiger partial charge in [0, 0.05) is 24.8 Å². The molecule has 0 aliphatic heterocycles. The van der Waals surface area contributed by atoms with Gasteiger partial charge in [-0.15, -0.1) is 5.73 Å². The second-order valence-corrected chi connectivity index (χ2v) is 29.6. The third-order valence-corrected chi connectivity index (χ3v) is 19.5. The lowest BCUT2D eigenvalue weighted by Gasteiger charge is -2.38. The standard InChI is InChI=1S/C36H57NO5Si3/c1-13-45(14-2,15-3)42-31(26-41-44(11,12)36(4,5)6)22-21-30(27-43(8,9)10)34-32(23-28(25-38)24-33(34)40-7)37-35(39)29-19-17-16-18-20-29/h16-20,22-25,31H,13-15,26-27H2,1-12H3,(H,37,39). The van der Waals surface area contributed by atoms with Gasteiger partial charge >= 0.3 is 0 Å². The van der Waals surface area contributed by atoms with Crippen LogP contribution < -0.4 is 10.1 Å². The molecular weight excluding hydrogens is 611 g/mol. The molecule has 0 saturated heterocycles. The number of methoxy groups -OCH3 is 1. The lowest BCUT2D eigenvalue weighted by atomic mass is 10.0. The van der Waals surface area contributed by atoms with Gasteiger partial charge in [0.05, 0.1) is 31.1 Å². The first kappa shape index (κ1) is 38.7. The van der Waals surface area contributed by atoms with Crippen LogP contribution in [0.25, 0.3) is 5.57 Å². The molecule has 1 amide bonds. The molecule has 0 fully saturated rings. The molecule has 0 saturated carbocycles. The van der Waals surface area contributed by atoms with Crippen LogP contribution in [0.15, 0.2) is 54.3 Å². The quantitative estimate of drug-likeness (QED) is 0.110. The van der Waals surface area contributed by atoms with Crippen molar-refractivity contribution in [3.8, 4) is 5.75 Å². The van der Waals surface area contributed by atoms with Crippen molar-refractivity contribution in [1.82, 2.24) is 0 Å². The predicted molar refractivity (Wildman–Crippen MR) is 198 cm³/mol. The number of ether oxygens (including phenoxy) is 1. The van der Waals surface area contributed by atoms with Gasteiger partial charge in [0.15, 0.2) is 16.6 Å². The summed E-state index contributed by atoms with van der Waals surface area (Å²) >= 11 is 0. The van der Waals surface area contributed by atoms with Crippen LogP contribution in [0, 0.1) is 0 Å². The van der Waals surface area contributed by atoms with Crippen molar-refractivity contribution in [3.05, 3.63) is 71.0 Å². The van der Waals surface area contributed by atoms with Crippen molar-refractivity contribution in [2.75, 3.05) is 19.0 Å². The zero-order chi connectivity index (χ0) is 34.1. The Labute approximate surface area is 275 Å². The van der Waals surface area contributed by atoms with E-state index in [4.69, 9.17) is 13.6 Å². The molecule has 0 spiro atoms. The van der Waals surface area contributed by atoms with Gasteiger partial charge in [-0.3, -0.25) is 9.59 Å². The topological polar surface area (TPSA) is 73.9 Å². The third-order valence-electron chi connectivity index (χ3n) is 8.97. The minimum absolute atomic E-state index is 0.0778. The SMILES string of the molecule is CC[Si](CC)(CC)OC(C=C=C(C[Si](C)(C)C)c1c(NC(=O)c2ccccc2)cc(C=O)cc1OC)CO[Si](C)(C)C(C)(C)C. The first-order valence-electron chi connectivity index (χ1n) is 16.3. The van der Waals surface area contributed by atoms with Crippen molar-refractivity contribution < 1.29 is 23.2 Å². The van der Waals surface area contributed by atoms with Gasteiger partial charge in [-0.2, -0.15) is 0 Å². The summed E-state index contributed by atoms with van der Waals surface area (Å²) in [6.07, 6.45) is 2.56. The van der Waals surface area contributed by atoms with Crippen LogP contribution in [0.5, 0.6) is 5.75 Å². The zero-order valence-electron chi connectivity index (χ0n) is 29.9. The predicted octanol–water partition coefficient (Wildman–Crippen LogP) is 10.0. The summed E-state index contributed by atoms with van der Waals surface area (Å²) in [4.78, 5) is 25.3. The first-order valence-corrected chi connectivity index (χ1v) is 25.4. The van der Waals surface area contributed by atoms with Gasteiger partial charge in [-0.25, -0.2) is 0 Å². The molecule has 1 atom stereocenters. The maximum Gasteiger partial charge on any atom is 0.255 e. The molecule has 1 N–H and O–H groups in total. The molecular formula is C36H57NO5Si3. The van der Waals surface area contributed by atoms with Crippen molar-refractivity contribution in [1.29, 1.82) is 0 Å². The highest BCUT2D eigenvalue weighted by Crippen LogP contribution is 2.39. The van der Waals surface area contributed by atoms with Crippen molar-refractivity contribution >= 4 is 48.2 Å². The largest absolute Gasteiger partial charge is 0.496 e. The second-order valence-electron chi connectivity index (χ2n) is 14.6. The van der Waals surface area contributed by atoms with Gasteiger partial charge in [0.25, 0.3) is 5.91 Å². The molecule has 2 aromatic carbocycles. The Hall–Kier alpha value is -2.53. The molecule has 2 aromatic rings. The Balaban J connectivity index is 2.80. The van der Waals surface area contributed by atoms with Crippen LogP contribution in [0.3, 0.4) is 0 Å². The molecule has 45 heavy (non-hydrogen) atoms. The number of carbonyl (C=O) groups is 2. The maximum absolute atomic E-state index is 13.4. The molecule has 0 bridgehead atoms. The van der Waals surface area contributed by atoms with E-state index in [2.05, 4.69) is 85.3 Å². The summed E-state index contributed by atoms with van der Waals surface area (Å²) in [7, 11) is -4.13. The molecule has 0 aliphatic rings. The van der Waals surface area contributed by atoms with E-state index >= 15 is 0 Å². The summed E-state index contributed by atoms with van der Waals surface area (Å²) in [5.41, 5.74) is 6.80. The smallest absolute Gasteiger partial charge is 0.255 e. The Bertz CT molecular complexity index is 1340. The number of aldehydes is 1. The fourth-order valence-electron chi connectivity index (χ4n) is 4.94. The number of carbonyl (C=O) groups excluding carboxylic acids is 2. The molecule has 6 nitrogen and oxygen atoms in total. The Morgan fingerprint density at radius 2 is 1.58 bits per heavy atom. The Morgan fingerprint density at radius 1 is 0.978 bits per heavy atom. The summed E-state index contributed by atoms with van der Waals surface area (Å²) < 4.78 is 19.6. The molecule has 2 rings (SSSR count). The van der Waals surface area contributed by atoms with E-state index in [1.165, 1.54) is 0 Å². The number of amides is 1. The molecule has 0 aromatic heterocycles. The van der Waals surface area contributed by atoms with E-state index in [-0.39, 0.29) is 17.0 Å². The second kappa shape index (κ2) is 16.3. The van der Waals surface area contributed by atoms with Gasteiger partial charge in [-0.1, -0.05) is 79.4 Å². The fraction of sp³-hybridized carbons (Fsp3) is 0.528. The number of rotatable bonds is 16. The van der Waals surface area contributed by atoms with Crippen molar-refractivity contribution in [3.63, 3.8) is 0 Å². The lowest BCUT2D eigenvalue weighted by molar-refractivity contribution is 0.102. The zero-order valence-corrected chi connectivity index (χ0v) is 32.9. The van der Waals surface area contributed by atoms with E-state index < -0.39 is 24.7 Å². The van der Waals surface area contributed by atoms with Crippen LogP contribution >= 0.6 is 0 Å². The molecule has 1 unspecified atom stereocenters. The first-order chi connectivity index (χ1) is 20.9. The van der Waals surface area contributed by atoms with E-state index in [9.17, 15) is 9.59 Å². The Kier molecular flexibility index (Phi) is 14.0. The van der Waals surface area contributed by atoms with E-state index in [0.717, 1.165) is 41.6 Å². The number of benzene rings is 2. The number of anilines is 1. The molecule has 0 radical (unpaired) electrons. The van der Waals surface area contributed by atoms with Crippen LogP contribution in [0.4, 0.5) is 5.69 Å². The van der Waals surface area contributed by atoms with Gasteiger partial charge in [0.1, 0.15) is 12.0 Å². The average molecular weight is 668 g/mol. The summed E-state index contributed by atoms with van der Waals surface area (Å²) in [5, 5.41) is 3.15. The Morgan fingerprint density at radius 3 is 2.07 bits per heavy atom. The summed E-state index contributed by atoms with van der Waals surface area (Å²) in [5.74, 6) is 0.262. The van der Waals surface area contributed by atoms with Crippen LogP contribution in [0.1, 0.15) is 67.8 Å². The van der Waals surface area contributed by atoms with Crippen molar-refractivity contribution in [2.45, 2.75) is 110 Å². The minimum Gasteiger partial charge on any atom is -0.496 e. The average Bonchev–Trinajstić information content (AvgIpc) is 2.99. The molecule has 248 valence electrons.